The fourth-order valence-electron chi connectivity index (χ4n) is 3.50. The predicted molar refractivity (Wildman–Crippen MR) is 111 cm³/mol. The average Bonchev–Trinajstić information content (AvgIpc) is 2.65. The topological polar surface area (TPSA) is 38.3 Å². The van der Waals surface area contributed by atoms with Gasteiger partial charge in [-0.15, -0.1) is 0 Å². The summed E-state index contributed by atoms with van der Waals surface area (Å²) in [6.45, 7) is 7.52. The van der Waals surface area contributed by atoms with E-state index >= 15 is 0 Å². The van der Waals surface area contributed by atoms with Crippen molar-refractivity contribution >= 4 is 24.6 Å². The van der Waals surface area contributed by atoms with E-state index in [1.807, 2.05) is 0 Å². The highest BCUT2D eigenvalue weighted by molar-refractivity contribution is 6.99. The summed E-state index contributed by atoms with van der Waals surface area (Å²) in [4.78, 5) is 11.4. The molecular weight excluding hydrogens is 338 g/mol. The molecule has 0 aliphatic carbocycles. The number of hydrogen-bond donors (Lipinski definition) is 1. The van der Waals surface area contributed by atoms with Gasteiger partial charge in [0.05, 0.1) is 0 Å². The van der Waals surface area contributed by atoms with Crippen molar-refractivity contribution in [1.29, 1.82) is 0 Å². The lowest BCUT2D eigenvalue weighted by Crippen LogP contribution is -2.66. The van der Waals surface area contributed by atoms with Crippen LogP contribution in [-0.2, 0) is 9.22 Å². The maximum absolute atomic E-state index is 11.4. The van der Waals surface area contributed by atoms with Crippen molar-refractivity contribution in [2.45, 2.75) is 45.1 Å². The minimum absolute atomic E-state index is 0.00347. The third-order valence-corrected chi connectivity index (χ3v) is 9.85. The normalized spacial score (nSPS) is 12.0. The van der Waals surface area contributed by atoms with E-state index in [1.54, 1.807) is 7.05 Å². The molecule has 0 bridgehead atoms. The lowest BCUT2D eigenvalue weighted by atomic mass is 10.2. The number of carbonyl (C=O) groups excluding carboxylic acids is 1. The summed E-state index contributed by atoms with van der Waals surface area (Å²) in [5.41, 5.74) is 0. The van der Waals surface area contributed by atoms with Gasteiger partial charge < -0.3 is 9.74 Å². The van der Waals surface area contributed by atoms with Crippen molar-refractivity contribution in [3.8, 4) is 0 Å². The molecule has 0 aromatic heterocycles. The van der Waals surface area contributed by atoms with Gasteiger partial charge in [0, 0.05) is 20.1 Å². The summed E-state index contributed by atoms with van der Waals surface area (Å²) >= 11 is 0. The van der Waals surface area contributed by atoms with Crippen LogP contribution in [0.3, 0.4) is 0 Å². The van der Waals surface area contributed by atoms with E-state index in [1.165, 1.54) is 10.4 Å². The number of benzene rings is 2. The highest BCUT2D eigenvalue weighted by atomic mass is 28.4. The Morgan fingerprint density at radius 2 is 1.42 bits per heavy atom. The van der Waals surface area contributed by atoms with E-state index in [4.69, 9.17) is 4.43 Å². The molecule has 0 spiro atoms. The second-order valence-electron chi connectivity index (χ2n) is 7.64. The van der Waals surface area contributed by atoms with Crippen LogP contribution in [0.2, 0.25) is 5.04 Å². The zero-order valence-electron chi connectivity index (χ0n) is 16.4. The second-order valence-corrected chi connectivity index (χ2v) is 11.9. The standard InChI is InChI=1S/C22H31NO2Si/c1-22(2,3)26(19-13-7-5-8-14-19,20-15-9-6-10-16-20)25-18-12-11-17-21(24)23-4/h5-10,13-16H,11-12,17-18H2,1-4H3,(H,23,24). The molecule has 2 aromatic rings. The molecule has 2 aromatic carbocycles. The molecule has 3 nitrogen and oxygen atoms in total. The van der Waals surface area contributed by atoms with Gasteiger partial charge in [-0.25, -0.2) is 0 Å². The highest BCUT2D eigenvalue weighted by Gasteiger charge is 2.49. The second kappa shape index (κ2) is 9.15. The number of amides is 1. The van der Waals surface area contributed by atoms with Gasteiger partial charge in [-0.1, -0.05) is 81.4 Å². The first kappa shape index (κ1) is 20.4. The summed E-state index contributed by atoms with van der Waals surface area (Å²) < 4.78 is 6.79. The summed E-state index contributed by atoms with van der Waals surface area (Å²) in [6.07, 6.45) is 2.29. The molecule has 0 radical (unpaired) electrons. The number of carbonyl (C=O) groups is 1. The van der Waals surface area contributed by atoms with Gasteiger partial charge in [0.15, 0.2) is 0 Å². The SMILES string of the molecule is CNC(=O)CCCCO[Si](c1ccccc1)(c1ccccc1)C(C)(C)C. The molecule has 0 saturated heterocycles. The Morgan fingerprint density at radius 1 is 0.923 bits per heavy atom. The van der Waals surface area contributed by atoms with Gasteiger partial charge in [-0.3, -0.25) is 4.79 Å². The van der Waals surface area contributed by atoms with E-state index in [2.05, 4.69) is 86.8 Å². The summed E-state index contributed by atoms with van der Waals surface area (Å²) in [7, 11) is -0.754. The van der Waals surface area contributed by atoms with E-state index in [0.717, 1.165) is 12.8 Å². The molecule has 0 heterocycles. The Kier molecular flexibility index (Phi) is 7.18. The molecule has 0 fully saturated rings. The van der Waals surface area contributed by atoms with Crippen molar-refractivity contribution in [3.05, 3.63) is 60.7 Å². The fraction of sp³-hybridized carbons (Fsp3) is 0.409. The molecule has 1 amide bonds. The molecule has 0 saturated carbocycles. The van der Waals surface area contributed by atoms with Crippen LogP contribution in [0.25, 0.3) is 0 Å². The molecule has 1 N–H and O–H groups in total. The Morgan fingerprint density at radius 3 is 1.85 bits per heavy atom. The smallest absolute Gasteiger partial charge is 0.261 e. The molecule has 4 heteroatoms. The zero-order chi connectivity index (χ0) is 19.0. The number of hydrogen-bond acceptors (Lipinski definition) is 2. The van der Waals surface area contributed by atoms with Gasteiger partial charge in [0.1, 0.15) is 0 Å². The molecule has 0 aliphatic heterocycles. The van der Waals surface area contributed by atoms with Crippen LogP contribution in [0.15, 0.2) is 60.7 Å². The largest absolute Gasteiger partial charge is 0.407 e. The van der Waals surface area contributed by atoms with Gasteiger partial charge in [-0.2, -0.15) is 0 Å². The Hall–Kier alpha value is -1.91. The van der Waals surface area contributed by atoms with Gasteiger partial charge in [0.2, 0.25) is 5.91 Å². The lowest BCUT2D eigenvalue weighted by Gasteiger charge is -2.43. The first-order valence-electron chi connectivity index (χ1n) is 9.37. The summed E-state index contributed by atoms with van der Waals surface area (Å²) in [5, 5.41) is 5.27. The van der Waals surface area contributed by atoms with Gasteiger partial charge >= 0.3 is 0 Å². The first-order valence-corrected chi connectivity index (χ1v) is 11.3. The van der Waals surface area contributed by atoms with E-state index in [0.29, 0.717) is 13.0 Å². The van der Waals surface area contributed by atoms with Crippen LogP contribution >= 0.6 is 0 Å². The van der Waals surface area contributed by atoms with Crippen molar-refractivity contribution < 1.29 is 9.22 Å². The summed E-state index contributed by atoms with van der Waals surface area (Å²) in [6, 6.07) is 21.3. The van der Waals surface area contributed by atoms with Crippen molar-refractivity contribution in [2.24, 2.45) is 0 Å². The Bertz CT molecular complexity index is 641. The van der Waals surface area contributed by atoms with Crippen LogP contribution in [-0.4, -0.2) is 27.9 Å². The van der Waals surface area contributed by atoms with Crippen LogP contribution in [0.5, 0.6) is 0 Å². The van der Waals surface area contributed by atoms with Gasteiger partial charge in [0.25, 0.3) is 8.32 Å². The minimum atomic E-state index is -2.44. The fourth-order valence-corrected chi connectivity index (χ4v) is 8.11. The van der Waals surface area contributed by atoms with E-state index in [9.17, 15) is 4.79 Å². The molecule has 0 aliphatic rings. The maximum Gasteiger partial charge on any atom is 0.261 e. The molecule has 0 atom stereocenters. The molecule has 0 unspecified atom stereocenters. The number of nitrogens with one attached hydrogen (secondary N) is 1. The minimum Gasteiger partial charge on any atom is -0.407 e. The molecule has 26 heavy (non-hydrogen) atoms. The first-order chi connectivity index (χ1) is 12.4. The average molecular weight is 370 g/mol. The van der Waals surface area contributed by atoms with Crippen molar-refractivity contribution in [2.75, 3.05) is 13.7 Å². The number of unbranched alkanes of at least 4 members (excludes halogenated alkanes) is 1. The summed E-state index contributed by atoms with van der Waals surface area (Å²) in [5.74, 6) is 0.0930. The number of rotatable bonds is 8. The van der Waals surface area contributed by atoms with Crippen LogP contribution in [0.1, 0.15) is 40.0 Å². The van der Waals surface area contributed by atoms with Crippen LogP contribution in [0.4, 0.5) is 0 Å². The van der Waals surface area contributed by atoms with Crippen LogP contribution in [0, 0.1) is 0 Å². The van der Waals surface area contributed by atoms with E-state index in [-0.39, 0.29) is 10.9 Å². The van der Waals surface area contributed by atoms with Crippen LogP contribution < -0.4 is 15.7 Å². The zero-order valence-corrected chi connectivity index (χ0v) is 17.4. The third-order valence-electron chi connectivity index (χ3n) is 4.81. The van der Waals surface area contributed by atoms with Crippen molar-refractivity contribution in [1.82, 2.24) is 5.32 Å². The Labute approximate surface area is 158 Å². The van der Waals surface area contributed by atoms with E-state index < -0.39 is 8.32 Å². The van der Waals surface area contributed by atoms with Crippen molar-refractivity contribution in [3.63, 3.8) is 0 Å². The molecular formula is C22H31NO2Si. The highest BCUT2D eigenvalue weighted by Crippen LogP contribution is 2.36. The maximum atomic E-state index is 11.4. The predicted octanol–water partition coefficient (Wildman–Crippen LogP) is 3.48. The third kappa shape index (κ3) is 4.62. The molecule has 140 valence electrons. The quantitative estimate of drug-likeness (QED) is 0.571. The van der Waals surface area contributed by atoms with Gasteiger partial charge in [-0.05, 0) is 28.3 Å². The monoisotopic (exact) mass is 369 g/mol. The molecule has 2 rings (SSSR count). The lowest BCUT2D eigenvalue weighted by molar-refractivity contribution is -0.120. The Balaban J connectivity index is 2.31.